The number of hydrogen-bond acceptors (Lipinski definition) is 3. The van der Waals surface area contributed by atoms with Crippen molar-refractivity contribution in [3.8, 4) is 0 Å². The molecule has 0 spiro atoms. The van der Waals surface area contributed by atoms with Gasteiger partial charge in [0, 0.05) is 13.0 Å². The number of carbonyl (C=O) groups is 2. The van der Waals surface area contributed by atoms with Gasteiger partial charge in [-0.3, -0.25) is 9.59 Å². The van der Waals surface area contributed by atoms with Crippen LogP contribution in [0.4, 0.5) is 8.78 Å². The summed E-state index contributed by atoms with van der Waals surface area (Å²) in [4.78, 5) is 27.4. The van der Waals surface area contributed by atoms with Crippen LogP contribution in [0.2, 0.25) is 0 Å². The first-order valence-corrected chi connectivity index (χ1v) is 10.2. The molecule has 6 heteroatoms. The number of aryl methyl sites for hydroxylation is 1. The second kappa shape index (κ2) is 9.14. The summed E-state index contributed by atoms with van der Waals surface area (Å²) in [6.07, 6.45) is 0.567. The van der Waals surface area contributed by atoms with E-state index in [1.165, 1.54) is 53.4 Å². The van der Waals surface area contributed by atoms with Gasteiger partial charge in [0.15, 0.2) is 11.5 Å². The van der Waals surface area contributed by atoms with Crippen molar-refractivity contribution >= 4 is 11.7 Å². The molecule has 0 saturated carbocycles. The minimum atomic E-state index is -0.864. The Morgan fingerprint density at radius 3 is 2.06 bits per heavy atom. The zero-order valence-corrected chi connectivity index (χ0v) is 17.2. The third-order valence-electron chi connectivity index (χ3n) is 5.54. The molecular formula is C26H21F2NO3. The number of Topliss-reactive ketones (excluding diaryl/α,β-unsaturated/α-hetero) is 1. The molecule has 162 valence electrons. The number of aliphatic hydroxyl groups excluding tert-OH is 1. The highest BCUT2D eigenvalue weighted by atomic mass is 19.1. The maximum atomic E-state index is 13.5. The molecule has 1 aliphatic rings. The molecule has 1 heterocycles. The molecule has 4 nitrogen and oxygen atoms in total. The molecule has 0 saturated heterocycles. The molecule has 1 amide bonds. The maximum absolute atomic E-state index is 13.5. The van der Waals surface area contributed by atoms with Gasteiger partial charge in [-0.05, 0) is 47.4 Å². The van der Waals surface area contributed by atoms with E-state index in [1.54, 1.807) is 0 Å². The lowest BCUT2D eigenvalue weighted by Crippen LogP contribution is -2.30. The summed E-state index contributed by atoms with van der Waals surface area (Å²) in [5.41, 5.74) is 2.11. The molecule has 1 atom stereocenters. The van der Waals surface area contributed by atoms with E-state index in [1.807, 2.05) is 30.3 Å². The first-order chi connectivity index (χ1) is 15.4. The van der Waals surface area contributed by atoms with Crippen LogP contribution < -0.4 is 0 Å². The minimum absolute atomic E-state index is 0.000323. The van der Waals surface area contributed by atoms with Crippen LogP contribution in [0, 0.1) is 11.6 Å². The van der Waals surface area contributed by atoms with Gasteiger partial charge in [0.1, 0.15) is 11.6 Å². The van der Waals surface area contributed by atoms with Crippen LogP contribution >= 0.6 is 0 Å². The minimum Gasteiger partial charge on any atom is -0.503 e. The lowest BCUT2D eigenvalue weighted by Gasteiger charge is -2.27. The number of halogens is 2. The van der Waals surface area contributed by atoms with Crippen LogP contribution in [0.1, 0.15) is 29.2 Å². The number of amides is 1. The average molecular weight is 433 g/mol. The summed E-state index contributed by atoms with van der Waals surface area (Å²) < 4.78 is 26.8. The van der Waals surface area contributed by atoms with Crippen molar-refractivity contribution < 1.29 is 23.5 Å². The molecule has 32 heavy (non-hydrogen) atoms. The largest absolute Gasteiger partial charge is 0.503 e. The van der Waals surface area contributed by atoms with E-state index in [0.29, 0.717) is 17.5 Å². The second-order valence-corrected chi connectivity index (χ2v) is 7.68. The Morgan fingerprint density at radius 2 is 1.44 bits per heavy atom. The van der Waals surface area contributed by atoms with Crippen molar-refractivity contribution in [3.63, 3.8) is 0 Å². The topological polar surface area (TPSA) is 57.6 Å². The fourth-order valence-corrected chi connectivity index (χ4v) is 3.92. The molecule has 1 N–H and O–H groups in total. The summed E-state index contributed by atoms with van der Waals surface area (Å²) >= 11 is 0. The van der Waals surface area contributed by atoms with Crippen molar-refractivity contribution in [2.24, 2.45) is 0 Å². The van der Waals surface area contributed by atoms with Crippen molar-refractivity contribution in [2.45, 2.75) is 25.4 Å². The Morgan fingerprint density at radius 1 is 0.844 bits per heavy atom. The maximum Gasteiger partial charge on any atom is 0.290 e. The van der Waals surface area contributed by atoms with Gasteiger partial charge >= 0.3 is 0 Å². The summed E-state index contributed by atoms with van der Waals surface area (Å²) in [7, 11) is 0. The van der Waals surface area contributed by atoms with Gasteiger partial charge in [0.05, 0.1) is 11.6 Å². The average Bonchev–Trinajstić information content (AvgIpc) is 3.05. The van der Waals surface area contributed by atoms with E-state index < -0.39 is 29.3 Å². The van der Waals surface area contributed by atoms with Crippen LogP contribution in [0.3, 0.4) is 0 Å². The molecule has 3 aromatic carbocycles. The quantitative estimate of drug-likeness (QED) is 0.567. The van der Waals surface area contributed by atoms with Crippen LogP contribution in [-0.2, 0) is 22.6 Å². The molecule has 1 aliphatic heterocycles. The number of carbonyl (C=O) groups excluding carboxylic acids is 2. The van der Waals surface area contributed by atoms with Gasteiger partial charge in [-0.2, -0.15) is 0 Å². The highest BCUT2D eigenvalue weighted by molar-refractivity contribution is 6.09. The van der Waals surface area contributed by atoms with E-state index in [0.717, 1.165) is 5.56 Å². The standard InChI is InChI=1S/C26H21F2NO3/c27-20-11-6-18(7-12-20)16-29-24(19-9-13-21(28)14-10-19)23(25(31)26(29)32)22(30)15-8-17-4-2-1-3-5-17/h1-7,9-14,24,31H,8,15-16H2. The van der Waals surface area contributed by atoms with Crippen molar-refractivity contribution in [1.29, 1.82) is 0 Å². The number of aliphatic hydroxyl groups is 1. The molecule has 0 fully saturated rings. The highest BCUT2D eigenvalue weighted by Gasteiger charge is 2.43. The Labute approximate surface area is 184 Å². The smallest absolute Gasteiger partial charge is 0.290 e. The Hall–Kier alpha value is -3.80. The summed E-state index contributed by atoms with van der Waals surface area (Å²) in [5, 5.41) is 10.6. The molecule has 0 bridgehead atoms. The number of ketones is 1. The zero-order chi connectivity index (χ0) is 22.7. The van der Waals surface area contributed by atoms with E-state index >= 15 is 0 Å². The predicted octanol–water partition coefficient (Wildman–Crippen LogP) is 5.06. The van der Waals surface area contributed by atoms with Gasteiger partial charge in [-0.25, -0.2) is 8.78 Å². The first-order valence-electron chi connectivity index (χ1n) is 10.2. The number of rotatable bonds is 7. The molecule has 1 unspecified atom stereocenters. The Kier molecular flexibility index (Phi) is 6.12. The third-order valence-corrected chi connectivity index (χ3v) is 5.54. The van der Waals surface area contributed by atoms with Crippen molar-refractivity contribution in [2.75, 3.05) is 0 Å². The number of benzene rings is 3. The van der Waals surface area contributed by atoms with Crippen LogP contribution in [0.5, 0.6) is 0 Å². The molecule has 3 aromatic rings. The Bertz CT molecular complexity index is 1160. The van der Waals surface area contributed by atoms with E-state index in [2.05, 4.69) is 0 Å². The van der Waals surface area contributed by atoms with Crippen LogP contribution in [0.15, 0.2) is 90.2 Å². The fraction of sp³-hybridized carbons (Fsp3) is 0.154. The van der Waals surface area contributed by atoms with Gasteiger partial charge in [-0.1, -0.05) is 54.6 Å². The summed E-state index contributed by atoms with van der Waals surface area (Å²) in [6.45, 7) is 0.0562. The van der Waals surface area contributed by atoms with Gasteiger partial charge in [-0.15, -0.1) is 0 Å². The second-order valence-electron chi connectivity index (χ2n) is 7.68. The number of hydrogen-bond donors (Lipinski definition) is 1. The lowest BCUT2D eigenvalue weighted by atomic mass is 9.93. The van der Waals surface area contributed by atoms with Crippen LogP contribution in [-0.4, -0.2) is 21.7 Å². The number of nitrogens with zero attached hydrogens (tertiary/aromatic N) is 1. The fourth-order valence-electron chi connectivity index (χ4n) is 3.92. The Balaban J connectivity index is 1.66. The molecule has 0 aromatic heterocycles. The van der Waals surface area contributed by atoms with E-state index in [-0.39, 0.29) is 24.3 Å². The normalized spacial score (nSPS) is 16.0. The van der Waals surface area contributed by atoms with E-state index in [9.17, 15) is 23.5 Å². The molecule has 0 radical (unpaired) electrons. The highest BCUT2D eigenvalue weighted by Crippen LogP contribution is 2.39. The third kappa shape index (κ3) is 4.44. The van der Waals surface area contributed by atoms with Gasteiger partial charge in [0.2, 0.25) is 0 Å². The SMILES string of the molecule is O=C(CCc1ccccc1)C1=C(O)C(=O)N(Cc2ccc(F)cc2)C1c1ccc(F)cc1. The van der Waals surface area contributed by atoms with Crippen LogP contribution in [0.25, 0.3) is 0 Å². The van der Waals surface area contributed by atoms with Crippen molar-refractivity contribution in [3.05, 3.63) is 119 Å². The van der Waals surface area contributed by atoms with Gasteiger partial charge in [0.25, 0.3) is 5.91 Å². The van der Waals surface area contributed by atoms with Crippen molar-refractivity contribution in [1.82, 2.24) is 4.90 Å². The molecule has 0 aliphatic carbocycles. The molecular weight excluding hydrogens is 412 g/mol. The molecule has 4 rings (SSSR count). The predicted molar refractivity (Wildman–Crippen MR) is 116 cm³/mol. The summed E-state index contributed by atoms with van der Waals surface area (Å²) in [6, 6.07) is 19.7. The first kappa shape index (κ1) is 21.4. The monoisotopic (exact) mass is 433 g/mol. The zero-order valence-electron chi connectivity index (χ0n) is 17.2. The van der Waals surface area contributed by atoms with E-state index in [4.69, 9.17) is 0 Å². The summed E-state index contributed by atoms with van der Waals surface area (Å²) in [5.74, 6) is -2.50. The lowest BCUT2D eigenvalue weighted by molar-refractivity contribution is -0.130. The van der Waals surface area contributed by atoms with Gasteiger partial charge < -0.3 is 10.0 Å².